The number of nitrogens with zero attached hydrogens (tertiary/aromatic N) is 2. The van der Waals surface area contributed by atoms with E-state index in [9.17, 15) is 26.0 Å². The van der Waals surface area contributed by atoms with Crippen molar-refractivity contribution in [2.45, 2.75) is 24.8 Å². The average Bonchev–Trinajstić information content (AvgIpc) is 3.16. The molecule has 10 heteroatoms. The van der Waals surface area contributed by atoms with Crippen molar-refractivity contribution in [3.8, 4) is 11.3 Å². The van der Waals surface area contributed by atoms with E-state index in [0.29, 0.717) is 24.1 Å². The minimum Gasteiger partial charge on any atom is -0.282 e. The van der Waals surface area contributed by atoms with E-state index in [1.165, 1.54) is 31.3 Å². The first-order chi connectivity index (χ1) is 14.5. The molecule has 0 unspecified atom stereocenters. The quantitative estimate of drug-likeness (QED) is 0.504. The van der Waals surface area contributed by atoms with Gasteiger partial charge in [0, 0.05) is 24.8 Å². The molecule has 0 saturated heterocycles. The summed E-state index contributed by atoms with van der Waals surface area (Å²) in [4.78, 5) is 0. The predicted octanol–water partition coefficient (Wildman–Crippen LogP) is 4.63. The number of nitrogens with one attached hydrogen (secondary N) is 1. The Balaban J connectivity index is 1.56. The van der Waals surface area contributed by atoms with E-state index >= 15 is 0 Å². The molecule has 1 N–H and O–H groups in total. The van der Waals surface area contributed by atoms with Gasteiger partial charge in [0.25, 0.3) is 0 Å². The van der Waals surface area contributed by atoms with Crippen LogP contribution in [-0.4, -0.2) is 36.5 Å². The zero-order valence-electron chi connectivity index (χ0n) is 16.7. The van der Waals surface area contributed by atoms with Crippen LogP contribution in [-0.2, 0) is 28.4 Å². The number of rotatable bonds is 8. The molecule has 166 valence electrons. The van der Waals surface area contributed by atoms with E-state index in [0.717, 1.165) is 22.1 Å². The monoisotopic (exact) mass is 455 g/mol. The number of aromatic amines is 1. The van der Waals surface area contributed by atoms with Crippen molar-refractivity contribution in [3.63, 3.8) is 0 Å². The fourth-order valence-corrected chi connectivity index (χ4v) is 4.30. The third-order valence-electron chi connectivity index (χ3n) is 4.75. The molecule has 0 fully saturated rings. The second-order valence-corrected chi connectivity index (χ2v) is 9.24. The highest BCUT2D eigenvalue weighted by Crippen LogP contribution is 2.30. The summed E-state index contributed by atoms with van der Waals surface area (Å²) in [6, 6.07) is 12.1. The van der Waals surface area contributed by atoms with Crippen molar-refractivity contribution in [1.29, 1.82) is 0 Å². The number of hydrogen-bond acceptors (Lipinski definition) is 3. The highest BCUT2D eigenvalue weighted by atomic mass is 32.2. The summed E-state index contributed by atoms with van der Waals surface area (Å²) in [6.07, 6.45) is -3.55. The summed E-state index contributed by atoms with van der Waals surface area (Å²) in [6.45, 7) is 0.190. The minimum atomic E-state index is -4.53. The number of sulfonamides is 1. The molecule has 1 aromatic heterocycles. The van der Waals surface area contributed by atoms with Gasteiger partial charge in [-0.2, -0.15) is 18.3 Å². The molecule has 5 nitrogen and oxygen atoms in total. The molecule has 0 amide bonds. The molecule has 0 spiro atoms. The van der Waals surface area contributed by atoms with Crippen LogP contribution >= 0.6 is 0 Å². The minimum absolute atomic E-state index is 0.0787. The zero-order chi connectivity index (χ0) is 22.6. The van der Waals surface area contributed by atoms with Crippen molar-refractivity contribution in [1.82, 2.24) is 14.5 Å². The maximum atomic E-state index is 13.3. The highest BCUT2D eigenvalue weighted by molar-refractivity contribution is 7.88. The number of halogens is 4. The van der Waals surface area contributed by atoms with Gasteiger partial charge in [-0.1, -0.05) is 30.3 Å². The number of H-pyrrole nitrogens is 1. The fraction of sp³-hybridized carbons (Fsp3) is 0.286. The smallest absolute Gasteiger partial charge is 0.282 e. The van der Waals surface area contributed by atoms with Gasteiger partial charge in [0.05, 0.1) is 17.0 Å². The van der Waals surface area contributed by atoms with E-state index in [1.54, 1.807) is 18.2 Å². The SMILES string of the molecule is CN(CCCc1cc(-c2cccc(F)c2)n[nH]1)S(=O)(=O)Cc1cccc(C(F)(F)F)c1. The Kier molecular flexibility index (Phi) is 6.80. The van der Waals surface area contributed by atoms with Gasteiger partial charge < -0.3 is 0 Å². The van der Waals surface area contributed by atoms with Gasteiger partial charge in [0.2, 0.25) is 10.0 Å². The average molecular weight is 455 g/mol. The normalized spacial score (nSPS) is 12.5. The molecule has 1 heterocycles. The van der Waals surface area contributed by atoms with Crippen molar-refractivity contribution < 1.29 is 26.0 Å². The van der Waals surface area contributed by atoms with Crippen LogP contribution in [0.4, 0.5) is 17.6 Å². The molecule has 0 atom stereocenters. The first-order valence-corrected chi connectivity index (χ1v) is 11.1. The van der Waals surface area contributed by atoms with Crippen molar-refractivity contribution in [3.05, 3.63) is 77.2 Å². The van der Waals surface area contributed by atoms with Gasteiger partial charge in [0.1, 0.15) is 5.82 Å². The Morgan fingerprint density at radius 1 is 1.06 bits per heavy atom. The number of benzene rings is 2. The van der Waals surface area contributed by atoms with Gasteiger partial charge in [-0.05, 0) is 42.7 Å². The Labute approximate surface area is 177 Å². The topological polar surface area (TPSA) is 66.1 Å². The maximum Gasteiger partial charge on any atom is 0.416 e. The van der Waals surface area contributed by atoms with E-state index in [-0.39, 0.29) is 17.9 Å². The van der Waals surface area contributed by atoms with Crippen LogP contribution in [0.2, 0.25) is 0 Å². The summed E-state index contributed by atoms with van der Waals surface area (Å²) < 4.78 is 78.0. The Bertz CT molecular complexity index is 1140. The van der Waals surface area contributed by atoms with Crippen LogP contribution in [0.25, 0.3) is 11.3 Å². The lowest BCUT2D eigenvalue weighted by Crippen LogP contribution is -2.29. The number of aryl methyl sites for hydroxylation is 1. The van der Waals surface area contributed by atoms with Crippen LogP contribution in [0, 0.1) is 5.82 Å². The summed E-state index contributed by atoms with van der Waals surface area (Å²) in [5.74, 6) is -0.879. The molecule has 0 saturated carbocycles. The molecule has 0 aliphatic carbocycles. The fourth-order valence-electron chi connectivity index (χ4n) is 3.07. The molecule has 0 bridgehead atoms. The molecule has 3 aromatic rings. The summed E-state index contributed by atoms with van der Waals surface area (Å²) >= 11 is 0. The van der Waals surface area contributed by atoms with Gasteiger partial charge in [-0.25, -0.2) is 17.1 Å². The van der Waals surface area contributed by atoms with E-state index in [2.05, 4.69) is 10.2 Å². The largest absolute Gasteiger partial charge is 0.416 e. The van der Waals surface area contributed by atoms with Crippen LogP contribution in [0.3, 0.4) is 0 Å². The Morgan fingerprint density at radius 2 is 1.81 bits per heavy atom. The van der Waals surface area contributed by atoms with Gasteiger partial charge in [-0.3, -0.25) is 5.10 Å². The number of alkyl halides is 3. The molecule has 2 aromatic carbocycles. The van der Waals surface area contributed by atoms with E-state index < -0.39 is 27.5 Å². The first-order valence-electron chi connectivity index (χ1n) is 9.45. The van der Waals surface area contributed by atoms with Gasteiger partial charge in [0.15, 0.2) is 0 Å². The first kappa shape index (κ1) is 23.0. The van der Waals surface area contributed by atoms with E-state index in [4.69, 9.17) is 0 Å². The second-order valence-electron chi connectivity index (χ2n) is 7.17. The Hall–Kier alpha value is -2.72. The standard InChI is InChI=1S/C21H21F4N3O2S/c1-28(31(29,30)14-15-5-2-7-17(11-15)21(23,24)25)10-4-9-19-13-20(27-26-19)16-6-3-8-18(22)12-16/h2-3,5-8,11-13H,4,9-10,14H2,1H3,(H,26,27). The summed E-state index contributed by atoms with van der Waals surface area (Å²) in [7, 11) is -2.38. The van der Waals surface area contributed by atoms with Crippen LogP contribution in [0.15, 0.2) is 54.6 Å². The van der Waals surface area contributed by atoms with Crippen molar-refractivity contribution >= 4 is 10.0 Å². The molecule has 0 aliphatic heterocycles. The van der Waals surface area contributed by atoms with Crippen LogP contribution in [0.1, 0.15) is 23.2 Å². The molecule has 0 aliphatic rings. The lowest BCUT2D eigenvalue weighted by Gasteiger charge is -2.17. The van der Waals surface area contributed by atoms with Crippen molar-refractivity contribution in [2.24, 2.45) is 0 Å². The van der Waals surface area contributed by atoms with Gasteiger partial charge >= 0.3 is 6.18 Å². The lowest BCUT2D eigenvalue weighted by molar-refractivity contribution is -0.137. The number of hydrogen-bond donors (Lipinski definition) is 1. The highest BCUT2D eigenvalue weighted by Gasteiger charge is 2.31. The van der Waals surface area contributed by atoms with Crippen LogP contribution < -0.4 is 0 Å². The summed E-state index contributed by atoms with van der Waals surface area (Å²) in [5.41, 5.74) is 1.18. The molecule has 3 rings (SSSR count). The zero-order valence-corrected chi connectivity index (χ0v) is 17.5. The van der Waals surface area contributed by atoms with Crippen LogP contribution in [0.5, 0.6) is 0 Å². The van der Waals surface area contributed by atoms with Crippen molar-refractivity contribution in [2.75, 3.05) is 13.6 Å². The Morgan fingerprint density at radius 3 is 2.52 bits per heavy atom. The third-order valence-corrected chi connectivity index (χ3v) is 6.58. The summed E-state index contributed by atoms with van der Waals surface area (Å²) in [5, 5.41) is 6.99. The third kappa shape index (κ3) is 6.14. The lowest BCUT2D eigenvalue weighted by atomic mass is 10.1. The molecular formula is C21H21F4N3O2S. The second kappa shape index (κ2) is 9.19. The molecule has 0 radical (unpaired) electrons. The number of aromatic nitrogens is 2. The van der Waals surface area contributed by atoms with Gasteiger partial charge in [-0.15, -0.1) is 0 Å². The van der Waals surface area contributed by atoms with E-state index in [1.807, 2.05) is 0 Å². The molecule has 31 heavy (non-hydrogen) atoms. The molecular weight excluding hydrogens is 434 g/mol. The predicted molar refractivity (Wildman–Crippen MR) is 109 cm³/mol. The maximum absolute atomic E-state index is 13.3.